The molecular formula is C7H13F3N2O2. The molecular weight excluding hydrogens is 201 g/mol. The van der Waals surface area contributed by atoms with E-state index in [-0.39, 0.29) is 0 Å². The summed E-state index contributed by atoms with van der Waals surface area (Å²) in [5, 5.41) is 0. The van der Waals surface area contributed by atoms with E-state index in [1.165, 1.54) is 6.92 Å². The third-order valence-electron chi connectivity index (χ3n) is 1.65. The Morgan fingerprint density at radius 3 is 2.36 bits per heavy atom. The smallest absolute Gasteiger partial charge is 0.318 e. The van der Waals surface area contributed by atoms with E-state index >= 15 is 0 Å². The highest BCUT2D eigenvalue weighted by Gasteiger charge is 2.30. The first-order chi connectivity index (χ1) is 6.19. The molecule has 0 heterocycles. The molecule has 0 rings (SSSR count). The van der Waals surface area contributed by atoms with Gasteiger partial charge in [0.05, 0.1) is 5.54 Å². The predicted molar refractivity (Wildman–Crippen MR) is 43.0 cm³/mol. The lowest BCUT2D eigenvalue weighted by molar-refractivity contribution is -0.193. The van der Waals surface area contributed by atoms with Crippen LogP contribution in [-0.4, -0.2) is 24.2 Å². The summed E-state index contributed by atoms with van der Waals surface area (Å²) in [5.41, 5.74) is 5.87. The van der Waals surface area contributed by atoms with Crippen LogP contribution in [0.15, 0.2) is 0 Å². The fourth-order valence-electron chi connectivity index (χ4n) is 0.461. The number of halogens is 3. The third-order valence-corrected chi connectivity index (χ3v) is 1.65. The summed E-state index contributed by atoms with van der Waals surface area (Å²) >= 11 is 0. The molecule has 0 aliphatic heterocycles. The van der Waals surface area contributed by atoms with Gasteiger partial charge in [0, 0.05) is 0 Å². The lowest BCUT2D eigenvalue weighted by Crippen LogP contribution is -2.51. The molecule has 1 atom stereocenters. The maximum absolute atomic E-state index is 11.6. The van der Waals surface area contributed by atoms with Crippen molar-refractivity contribution in [2.75, 3.05) is 6.61 Å². The second-order valence-corrected chi connectivity index (χ2v) is 3.11. The standard InChI is InChI=1S/C7H13F3N2O2/c1-3-6(2,11)5(13)12-14-4-7(8,9)10/h3-4,11H2,1-2H3,(H,12,13). The highest BCUT2D eigenvalue weighted by atomic mass is 19.4. The summed E-state index contributed by atoms with van der Waals surface area (Å²) in [4.78, 5) is 15.0. The van der Waals surface area contributed by atoms with E-state index in [0.717, 1.165) is 0 Å². The molecule has 0 saturated heterocycles. The van der Waals surface area contributed by atoms with Gasteiger partial charge in [-0.15, -0.1) is 0 Å². The average Bonchev–Trinajstić information content (AvgIpc) is 2.02. The second kappa shape index (κ2) is 4.61. The fraction of sp³-hybridized carbons (Fsp3) is 0.857. The molecule has 14 heavy (non-hydrogen) atoms. The highest BCUT2D eigenvalue weighted by Crippen LogP contribution is 2.13. The van der Waals surface area contributed by atoms with Gasteiger partial charge in [-0.25, -0.2) is 5.48 Å². The van der Waals surface area contributed by atoms with Gasteiger partial charge in [-0.05, 0) is 13.3 Å². The average molecular weight is 214 g/mol. The Kier molecular flexibility index (Phi) is 4.34. The van der Waals surface area contributed by atoms with Crippen LogP contribution in [0.3, 0.4) is 0 Å². The van der Waals surface area contributed by atoms with Crippen LogP contribution < -0.4 is 11.2 Å². The number of alkyl halides is 3. The lowest BCUT2D eigenvalue weighted by atomic mass is 10.0. The van der Waals surface area contributed by atoms with Gasteiger partial charge in [-0.3, -0.25) is 9.63 Å². The van der Waals surface area contributed by atoms with Gasteiger partial charge >= 0.3 is 6.18 Å². The Hall–Kier alpha value is -0.820. The first-order valence-corrected chi connectivity index (χ1v) is 3.97. The van der Waals surface area contributed by atoms with Gasteiger partial charge < -0.3 is 5.73 Å². The van der Waals surface area contributed by atoms with Crippen molar-refractivity contribution in [3.8, 4) is 0 Å². The number of nitrogens with two attached hydrogens (primary N) is 1. The van der Waals surface area contributed by atoms with Crippen LogP contribution >= 0.6 is 0 Å². The Bertz CT molecular complexity index is 204. The van der Waals surface area contributed by atoms with Gasteiger partial charge in [-0.1, -0.05) is 6.92 Å². The molecule has 0 radical (unpaired) electrons. The van der Waals surface area contributed by atoms with Crippen molar-refractivity contribution < 1.29 is 22.8 Å². The Balaban J connectivity index is 3.87. The maximum atomic E-state index is 11.6. The summed E-state index contributed by atoms with van der Waals surface area (Å²) in [6.07, 6.45) is -4.17. The van der Waals surface area contributed by atoms with Crippen molar-refractivity contribution in [3.63, 3.8) is 0 Å². The molecule has 0 aromatic rings. The van der Waals surface area contributed by atoms with Crippen LogP contribution in [0, 0.1) is 0 Å². The van der Waals surface area contributed by atoms with Crippen LogP contribution in [0.1, 0.15) is 20.3 Å². The van der Waals surface area contributed by atoms with Gasteiger partial charge in [-0.2, -0.15) is 13.2 Å². The number of amides is 1. The first-order valence-electron chi connectivity index (χ1n) is 3.97. The Morgan fingerprint density at radius 1 is 1.50 bits per heavy atom. The van der Waals surface area contributed by atoms with Crippen LogP contribution in [-0.2, 0) is 9.63 Å². The molecule has 0 spiro atoms. The molecule has 84 valence electrons. The van der Waals surface area contributed by atoms with Crippen molar-refractivity contribution >= 4 is 5.91 Å². The van der Waals surface area contributed by atoms with Gasteiger partial charge in [0.2, 0.25) is 0 Å². The molecule has 4 nitrogen and oxygen atoms in total. The van der Waals surface area contributed by atoms with E-state index in [4.69, 9.17) is 5.73 Å². The van der Waals surface area contributed by atoms with E-state index in [1.54, 1.807) is 12.4 Å². The van der Waals surface area contributed by atoms with E-state index < -0.39 is 24.2 Å². The number of hydroxylamine groups is 1. The van der Waals surface area contributed by atoms with E-state index in [1.807, 2.05) is 0 Å². The van der Waals surface area contributed by atoms with Crippen molar-refractivity contribution in [1.82, 2.24) is 5.48 Å². The number of nitrogens with one attached hydrogen (secondary N) is 1. The largest absolute Gasteiger partial charge is 0.414 e. The van der Waals surface area contributed by atoms with Gasteiger partial charge in [0.15, 0.2) is 6.61 Å². The topological polar surface area (TPSA) is 64.4 Å². The fourth-order valence-corrected chi connectivity index (χ4v) is 0.461. The number of carbonyl (C=O) groups is 1. The minimum Gasteiger partial charge on any atom is -0.318 e. The molecule has 0 aliphatic rings. The Morgan fingerprint density at radius 2 is 2.00 bits per heavy atom. The number of carbonyl (C=O) groups excluding carboxylic acids is 1. The Labute approximate surface area is 79.5 Å². The minimum absolute atomic E-state index is 0.300. The predicted octanol–water partition coefficient (Wildman–Crippen LogP) is 0.724. The summed E-state index contributed by atoms with van der Waals surface area (Å²) in [7, 11) is 0. The van der Waals surface area contributed by atoms with Crippen molar-refractivity contribution in [2.24, 2.45) is 5.73 Å². The van der Waals surface area contributed by atoms with E-state index in [2.05, 4.69) is 4.84 Å². The molecule has 1 unspecified atom stereocenters. The van der Waals surface area contributed by atoms with Crippen LogP contribution in [0.5, 0.6) is 0 Å². The van der Waals surface area contributed by atoms with E-state index in [9.17, 15) is 18.0 Å². The lowest BCUT2D eigenvalue weighted by Gasteiger charge is -2.21. The summed E-state index contributed by atoms with van der Waals surface area (Å²) in [6.45, 7) is 1.52. The molecule has 1 amide bonds. The minimum atomic E-state index is -4.47. The van der Waals surface area contributed by atoms with Crippen molar-refractivity contribution in [2.45, 2.75) is 32.0 Å². The molecule has 0 aromatic heterocycles. The molecule has 3 N–H and O–H groups in total. The van der Waals surface area contributed by atoms with Crippen molar-refractivity contribution in [1.29, 1.82) is 0 Å². The van der Waals surface area contributed by atoms with Crippen LogP contribution in [0.25, 0.3) is 0 Å². The SMILES string of the molecule is CCC(C)(N)C(=O)NOCC(F)(F)F. The molecule has 0 aliphatic carbocycles. The summed E-state index contributed by atoms with van der Waals surface area (Å²) < 4.78 is 34.7. The highest BCUT2D eigenvalue weighted by molar-refractivity contribution is 5.84. The maximum Gasteiger partial charge on any atom is 0.414 e. The van der Waals surface area contributed by atoms with Crippen molar-refractivity contribution in [3.05, 3.63) is 0 Å². The first kappa shape index (κ1) is 13.2. The summed E-state index contributed by atoms with van der Waals surface area (Å²) in [5.74, 6) is -0.774. The molecule has 0 fully saturated rings. The summed E-state index contributed by atoms with van der Waals surface area (Å²) in [6, 6.07) is 0. The zero-order chi connectivity index (χ0) is 11.4. The zero-order valence-corrected chi connectivity index (χ0v) is 7.94. The quantitative estimate of drug-likeness (QED) is 0.678. The number of hydrogen-bond donors (Lipinski definition) is 2. The van der Waals surface area contributed by atoms with Crippen LogP contribution in [0.4, 0.5) is 13.2 Å². The van der Waals surface area contributed by atoms with Gasteiger partial charge in [0.25, 0.3) is 5.91 Å². The zero-order valence-electron chi connectivity index (χ0n) is 7.94. The molecule has 7 heteroatoms. The van der Waals surface area contributed by atoms with E-state index in [0.29, 0.717) is 6.42 Å². The molecule has 0 bridgehead atoms. The van der Waals surface area contributed by atoms with Gasteiger partial charge in [0.1, 0.15) is 0 Å². The molecule has 0 aromatic carbocycles. The van der Waals surface area contributed by atoms with Crippen LogP contribution in [0.2, 0.25) is 0 Å². The second-order valence-electron chi connectivity index (χ2n) is 3.11. The third kappa shape index (κ3) is 5.03. The number of rotatable bonds is 4. The monoisotopic (exact) mass is 214 g/mol. The molecule has 0 saturated carbocycles. The normalized spacial score (nSPS) is 16.1. The number of hydrogen-bond acceptors (Lipinski definition) is 3.